The number of ether oxygens (including phenoxy) is 1. The number of halogens is 1. The average molecular weight is 397 g/mol. The largest absolute Gasteiger partial charge is 0.491 e. The Morgan fingerprint density at radius 2 is 1.73 bits per heavy atom. The van der Waals surface area contributed by atoms with Crippen LogP contribution in [-0.4, -0.2) is 32.8 Å². The van der Waals surface area contributed by atoms with Gasteiger partial charge in [-0.15, -0.1) is 0 Å². The lowest BCUT2D eigenvalue weighted by Crippen LogP contribution is -2.48. The van der Waals surface area contributed by atoms with E-state index in [0.717, 1.165) is 24.0 Å². The van der Waals surface area contributed by atoms with E-state index in [1.54, 1.807) is 12.1 Å². The van der Waals surface area contributed by atoms with Crippen LogP contribution in [0.25, 0.3) is 0 Å². The molecule has 0 aliphatic heterocycles. The molecule has 5 rings (SSSR count). The zero-order chi connectivity index (χ0) is 18.5. The van der Waals surface area contributed by atoms with Crippen LogP contribution in [-0.2, 0) is 9.84 Å². The molecule has 0 N–H and O–H groups in total. The summed E-state index contributed by atoms with van der Waals surface area (Å²) in [6.45, 7) is 0.687. The van der Waals surface area contributed by atoms with Crippen molar-refractivity contribution in [2.45, 2.75) is 38.5 Å². The van der Waals surface area contributed by atoms with Crippen LogP contribution in [0.15, 0.2) is 18.2 Å². The van der Waals surface area contributed by atoms with E-state index in [4.69, 9.17) is 16.3 Å². The zero-order valence-electron chi connectivity index (χ0n) is 15.0. The van der Waals surface area contributed by atoms with Crippen LogP contribution in [0.4, 0.5) is 0 Å². The Morgan fingerprint density at radius 1 is 1.15 bits per heavy atom. The Kier molecular flexibility index (Phi) is 4.59. The Hall–Kier alpha value is -1.07. The van der Waals surface area contributed by atoms with Crippen LogP contribution in [0.2, 0.25) is 5.02 Å². The van der Waals surface area contributed by atoms with Crippen LogP contribution in [0, 0.1) is 23.2 Å². The molecule has 142 valence electrons. The molecular formula is C20H25ClO4S. The average Bonchev–Trinajstić information content (AvgIpc) is 2.50. The monoisotopic (exact) mass is 396 g/mol. The molecule has 26 heavy (non-hydrogen) atoms. The van der Waals surface area contributed by atoms with Gasteiger partial charge in [-0.2, -0.15) is 0 Å². The number of sulfone groups is 1. The summed E-state index contributed by atoms with van der Waals surface area (Å²) in [5, 5.41) is 0.370. The molecule has 0 spiro atoms. The van der Waals surface area contributed by atoms with Crippen molar-refractivity contribution >= 4 is 27.2 Å². The van der Waals surface area contributed by atoms with Crippen LogP contribution in [0.5, 0.6) is 5.75 Å². The highest BCUT2D eigenvalue weighted by molar-refractivity contribution is 7.91. The van der Waals surface area contributed by atoms with E-state index in [1.807, 2.05) is 0 Å². The molecule has 1 aromatic rings. The van der Waals surface area contributed by atoms with E-state index >= 15 is 0 Å². The van der Waals surface area contributed by atoms with E-state index in [1.165, 1.54) is 44.6 Å². The molecule has 0 amide bonds. The second-order valence-corrected chi connectivity index (χ2v) is 11.4. The smallest absolute Gasteiger partial charge is 0.177 e. The summed E-state index contributed by atoms with van der Waals surface area (Å²) < 4.78 is 28.7. The highest BCUT2D eigenvalue weighted by Gasteiger charge is 2.51. The SMILES string of the molecule is CS(=O)(=O)CC(=O)c1ccc(OCC23CC4CC(CC(C4)C2)C3)c(Cl)c1. The van der Waals surface area contributed by atoms with Gasteiger partial charge in [0.25, 0.3) is 0 Å². The summed E-state index contributed by atoms with van der Waals surface area (Å²) in [6, 6.07) is 4.82. The van der Waals surface area contributed by atoms with Crippen LogP contribution < -0.4 is 4.74 Å². The van der Waals surface area contributed by atoms with Crippen LogP contribution >= 0.6 is 11.6 Å². The Morgan fingerprint density at radius 3 is 2.23 bits per heavy atom. The molecule has 0 radical (unpaired) electrons. The minimum atomic E-state index is -3.35. The maximum Gasteiger partial charge on any atom is 0.177 e. The predicted molar refractivity (Wildman–Crippen MR) is 102 cm³/mol. The van der Waals surface area contributed by atoms with Gasteiger partial charge in [-0.1, -0.05) is 11.6 Å². The molecule has 0 saturated heterocycles. The van der Waals surface area contributed by atoms with Gasteiger partial charge in [0.05, 0.1) is 11.6 Å². The number of hydrogen-bond donors (Lipinski definition) is 0. The Labute approximate surface area is 160 Å². The maximum absolute atomic E-state index is 12.0. The van der Waals surface area contributed by atoms with Gasteiger partial charge in [-0.3, -0.25) is 4.79 Å². The van der Waals surface area contributed by atoms with Crippen molar-refractivity contribution in [3.63, 3.8) is 0 Å². The third-order valence-corrected chi connectivity index (χ3v) is 7.43. The fraction of sp³-hybridized carbons (Fsp3) is 0.650. The number of benzene rings is 1. The fourth-order valence-corrected chi connectivity index (χ4v) is 6.69. The van der Waals surface area contributed by atoms with Gasteiger partial charge >= 0.3 is 0 Å². The van der Waals surface area contributed by atoms with Gasteiger partial charge in [0.2, 0.25) is 0 Å². The molecule has 6 heteroatoms. The second-order valence-electron chi connectivity index (χ2n) is 8.84. The Bertz CT molecular complexity index is 795. The molecule has 4 saturated carbocycles. The number of carbonyl (C=O) groups is 1. The fourth-order valence-electron chi connectivity index (χ4n) is 5.81. The summed E-state index contributed by atoms with van der Waals surface area (Å²) in [4.78, 5) is 12.0. The lowest BCUT2D eigenvalue weighted by atomic mass is 9.50. The Balaban J connectivity index is 1.44. The highest BCUT2D eigenvalue weighted by Crippen LogP contribution is 2.60. The van der Waals surface area contributed by atoms with Crippen molar-refractivity contribution in [1.82, 2.24) is 0 Å². The first kappa shape index (κ1) is 18.3. The van der Waals surface area contributed by atoms with E-state index in [0.29, 0.717) is 28.4 Å². The van der Waals surface area contributed by atoms with Gasteiger partial charge in [-0.05, 0) is 74.5 Å². The lowest BCUT2D eigenvalue weighted by molar-refractivity contribution is -0.0745. The van der Waals surface area contributed by atoms with Crippen molar-refractivity contribution in [2.24, 2.45) is 23.2 Å². The zero-order valence-corrected chi connectivity index (χ0v) is 16.6. The summed E-state index contributed by atoms with van der Waals surface area (Å²) in [7, 11) is -3.35. The van der Waals surface area contributed by atoms with Gasteiger partial charge < -0.3 is 4.74 Å². The summed E-state index contributed by atoms with van der Waals surface area (Å²) in [6.07, 6.45) is 9.05. The lowest BCUT2D eigenvalue weighted by Gasteiger charge is -2.56. The third-order valence-electron chi connectivity index (χ3n) is 6.35. The molecule has 4 fully saturated rings. The minimum Gasteiger partial charge on any atom is -0.491 e. The van der Waals surface area contributed by atoms with Gasteiger partial charge in [0.1, 0.15) is 11.5 Å². The van der Waals surface area contributed by atoms with Gasteiger partial charge in [0, 0.05) is 17.2 Å². The number of Topliss-reactive ketones (excluding diaryl/α,β-unsaturated/α-hetero) is 1. The molecule has 4 aliphatic carbocycles. The molecule has 4 bridgehead atoms. The summed E-state index contributed by atoms with van der Waals surface area (Å²) in [5.74, 6) is 2.25. The molecular weight excluding hydrogens is 372 g/mol. The van der Waals surface area contributed by atoms with E-state index in [9.17, 15) is 13.2 Å². The summed E-state index contributed by atoms with van der Waals surface area (Å²) >= 11 is 6.30. The van der Waals surface area contributed by atoms with Crippen molar-refractivity contribution < 1.29 is 17.9 Å². The number of carbonyl (C=O) groups excluding carboxylic acids is 1. The van der Waals surface area contributed by atoms with Crippen molar-refractivity contribution in [1.29, 1.82) is 0 Å². The van der Waals surface area contributed by atoms with Crippen molar-refractivity contribution in [3.05, 3.63) is 28.8 Å². The quantitative estimate of drug-likeness (QED) is 0.677. The van der Waals surface area contributed by atoms with E-state index in [2.05, 4.69) is 0 Å². The molecule has 0 aromatic heterocycles. The highest BCUT2D eigenvalue weighted by atomic mass is 35.5. The maximum atomic E-state index is 12.0. The molecule has 4 nitrogen and oxygen atoms in total. The topological polar surface area (TPSA) is 60.4 Å². The van der Waals surface area contributed by atoms with Crippen molar-refractivity contribution in [3.8, 4) is 5.75 Å². The minimum absolute atomic E-state index is 0.295. The second kappa shape index (κ2) is 6.52. The third kappa shape index (κ3) is 3.79. The predicted octanol–water partition coefficient (Wildman–Crippen LogP) is 4.16. The van der Waals surface area contributed by atoms with Crippen molar-refractivity contribution in [2.75, 3.05) is 18.6 Å². The molecule has 0 unspecified atom stereocenters. The molecule has 1 aromatic carbocycles. The first-order valence-electron chi connectivity index (χ1n) is 9.35. The van der Waals surface area contributed by atoms with Gasteiger partial charge in [-0.25, -0.2) is 8.42 Å². The number of ketones is 1. The first-order chi connectivity index (χ1) is 12.2. The standard InChI is InChI=1S/C20H25ClO4S/c1-26(23,24)11-18(22)16-2-3-19(17(21)7-16)25-12-20-8-13-4-14(9-20)6-15(5-13)10-20/h2-3,7,13-15H,4-6,8-12H2,1H3. The molecule has 4 aliphatic rings. The van der Waals surface area contributed by atoms with Crippen LogP contribution in [0.1, 0.15) is 48.9 Å². The summed E-state index contributed by atoms with van der Waals surface area (Å²) in [5.41, 5.74) is 0.602. The van der Waals surface area contributed by atoms with E-state index in [-0.39, 0.29) is 0 Å². The number of hydrogen-bond acceptors (Lipinski definition) is 4. The van der Waals surface area contributed by atoms with Crippen LogP contribution in [0.3, 0.4) is 0 Å². The molecule has 0 heterocycles. The normalized spacial score (nSPS) is 32.6. The van der Waals surface area contributed by atoms with Gasteiger partial charge in [0.15, 0.2) is 15.6 Å². The first-order valence-corrected chi connectivity index (χ1v) is 11.8. The molecule has 0 atom stereocenters. The number of rotatable bonds is 6. The van der Waals surface area contributed by atoms with E-state index < -0.39 is 21.4 Å².